The highest BCUT2D eigenvalue weighted by atomic mass is 16.2. The minimum absolute atomic E-state index is 0.119. The van der Waals surface area contributed by atoms with E-state index in [1.807, 2.05) is 0 Å². The Labute approximate surface area is 108 Å². The lowest BCUT2D eigenvalue weighted by Crippen LogP contribution is -2.57. The summed E-state index contributed by atoms with van der Waals surface area (Å²) >= 11 is 0. The molecule has 2 aliphatic rings. The summed E-state index contributed by atoms with van der Waals surface area (Å²) in [5.41, 5.74) is 0. The Morgan fingerprint density at radius 1 is 1.44 bits per heavy atom. The maximum absolute atomic E-state index is 12.2. The summed E-state index contributed by atoms with van der Waals surface area (Å²) in [6.45, 7) is 6.84. The Morgan fingerprint density at radius 2 is 2.22 bits per heavy atom. The van der Waals surface area contributed by atoms with Crippen LogP contribution in [0.1, 0.15) is 33.1 Å². The van der Waals surface area contributed by atoms with Crippen LogP contribution in [-0.2, 0) is 9.59 Å². The van der Waals surface area contributed by atoms with Crippen LogP contribution in [0, 0.1) is 0 Å². The molecular formula is C13H23N3O2. The van der Waals surface area contributed by atoms with Crippen molar-refractivity contribution in [3.63, 3.8) is 0 Å². The Kier molecular flexibility index (Phi) is 4.22. The third-order valence-corrected chi connectivity index (χ3v) is 3.88. The van der Waals surface area contributed by atoms with Crippen molar-refractivity contribution < 1.29 is 9.59 Å². The first-order valence-electron chi connectivity index (χ1n) is 6.95. The van der Waals surface area contributed by atoms with Crippen LogP contribution in [0.5, 0.6) is 0 Å². The number of piperazine rings is 1. The van der Waals surface area contributed by atoms with Crippen molar-refractivity contribution in [3.8, 4) is 0 Å². The summed E-state index contributed by atoms with van der Waals surface area (Å²) in [4.78, 5) is 27.6. The summed E-state index contributed by atoms with van der Waals surface area (Å²) in [7, 11) is 0. The van der Waals surface area contributed by atoms with Gasteiger partial charge in [0.25, 0.3) is 0 Å². The molecule has 2 rings (SSSR count). The predicted octanol–water partition coefficient (Wildman–Crippen LogP) is 0.208. The smallest absolute Gasteiger partial charge is 0.245 e. The number of amides is 2. The second-order valence-corrected chi connectivity index (χ2v) is 5.25. The van der Waals surface area contributed by atoms with Crippen LogP contribution < -0.4 is 5.32 Å². The lowest BCUT2D eigenvalue weighted by Gasteiger charge is -2.36. The molecule has 0 spiro atoms. The molecule has 0 radical (unpaired) electrons. The Bertz CT molecular complexity index is 332. The van der Waals surface area contributed by atoms with Gasteiger partial charge < -0.3 is 15.1 Å². The van der Waals surface area contributed by atoms with Crippen LogP contribution in [0.15, 0.2) is 0 Å². The van der Waals surface area contributed by atoms with Gasteiger partial charge in [-0.15, -0.1) is 0 Å². The molecule has 0 saturated carbocycles. The summed E-state index contributed by atoms with van der Waals surface area (Å²) in [6, 6.07) is 0.222. The first-order chi connectivity index (χ1) is 8.63. The maximum atomic E-state index is 12.2. The van der Waals surface area contributed by atoms with Gasteiger partial charge >= 0.3 is 0 Å². The third kappa shape index (κ3) is 2.66. The molecule has 2 saturated heterocycles. The first kappa shape index (κ1) is 13.3. The number of hydrogen-bond acceptors (Lipinski definition) is 3. The fraction of sp³-hybridized carbons (Fsp3) is 0.846. The highest BCUT2D eigenvalue weighted by Crippen LogP contribution is 2.23. The van der Waals surface area contributed by atoms with Crippen molar-refractivity contribution in [2.45, 2.75) is 45.2 Å². The van der Waals surface area contributed by atoms with E-state index in [2.05, 4.69) is 19.2 Å². The van der Waals surface area contributed by atoms with E-state index in [-0.39, 0.29) is 24.4 Å². The molecule has 5 nitrogen and oxygen atoms in total. The van der Waals surface area contributed by atoms with Crippen molar-refractivity contribution in [1.82, 2.24) is 15.1 Å². The van der Waals surface area contributed by atoms with Crippen LogP contribution in [0.25, 0.3) is 0 Å². The van der Waals surface area contributed by atoms with Gasteiger partial charge in [-0.1, -0.05) is 6.92 Å². The van der Waals surface area contributed by atoms with Gasteiger partial charge in [-0.3, -0.25) is 9.59 Å². The van der Waals surface area contributed by atoms with E-state index in [4.69, 9.17) is 0 Å². The summed E-state index contributed by atoms with van der Waals surface area (Å²) < 4.78 is 0. The van der Waals surface area contributed by atoms with E-state index >= 15 is 0 Å². The fourth-order valence-corrected chi connectivity index (χ4v) is 2.85. The molecule has 2 aliphatic heterocycles. The van der Waals surface area contributed by atoms with E-state index in [1.165, 1.54) is 0 Å². The molecule has 18 heavy (non-hydrogen) atoms. The van der Waals surface area contributed by atoms with Crippen LogP contribution in [0.4, 0.5) is 0 Å². The second-order valence-electron chi connectivity index (χ2n) is 5.25. The van der Waals surface area contributed by atoms with Gasteiger partial charge in [0.15, 0.2) is 0 Å². The van der Waals surface area contributed by atoms with E-state index in [1.54, 1.807) is 9.80 Å². The average molecular weight is 253 g/mol. The summed E-state index contributed by atoms with van der Waals surface area (Å²) in [6.07, 6.45) is 2.70. The van der Waals surface area contributed by atoms with Crippen molar-refractivity contribution in [2.75, 3.05) is 26.2 Å². The Balaban J connectivity index is 1.89. The molecule has 2 fully saturated rings. The monoisotopic (exact) mass is 253 g/mol. The highest BCUT2D eigenvalue weighted by molar-refractivity contribution is 5.95. The van der Waals surface area contributed by atoms with Crippen LogP contribution in [-0.4, -0.2) is 59.9 Å². The molecular weight excluding hydrogens is 230 g/mol. The quantitative estimate of drug-likeness (QED) is 0.762. The van der Waals surface area contributed by atoms with Gasteiger partial charge in [-0.2, -0.15) is 0 Å². The van der Waals surface area contributed by atoms with Crippen molar-refractivity contribution in [1.29, 1.82) is 0 Å². The maximum Gasteiger partial charge on any atom is 0.245 e. The standard InChI is InChI=1S/C13H23N3O2/c1-3-14-10(2)6-8-15-9-12(17)16-7-4-5-11(16)13(15)18/h10-11,14H,3-9H2,1-2H3. The largest absolute Gasteiger partial charge is 0.332 e. The van der Waals surface area contributed by atoms with E-state index < -0.39 is 0 Å². The second kappa shape index (κ2) is 5.69. The number of fused-ring (bicyclic) bond motifs is 1. The van der Waals surface area contributed by atoms with E-state index in [0.717, 1.165) is 32.4 Å². The molecule has 2 atom stereocenters. The molecule has 2 unspecified atom stereocenters. The van der Waals surface area contributed by atoms with Gasteiger partial charge in [0.2, 0.25) is 11.8 Å². The van der Waals surface area contributed by atoms with Gasteiger partial charge in [-0.05, 0) is 32.7 Å². The molecule has 1 N–H and O–H groups in total. The summed E-state index contributed by atoms with van der Waals surface area (Å²) in [5.74, 6) is 0.268. The molecule has 5 heteroatoms. The minimum Gasteiger partial charge on any atom is -0.332 e. The summed E-state index contributed by atoms with van der Waals surface area (Å²) in [5, 5.41) is 3.32. The van der Waals surface area contributed by atoms with Crippen LogP contribution >= 0.6 is 0 Å². The number of nitrogens with zero attached hydrogens (tertiary/aromatic N) is 2. The van der Waals surface area contributed by atoms with Crippen molar-refractivity contribution in [3.05, 3.63) is 0 Å². The van der Waals surface area contributed by atoms with Gasteiger partial charge in [-0.25, -0.2) is 0 Å². The molecule has 0 bridgehead atoms. The van der Waals surface area contributed by atoms with Crippen LogP contribution in [0.3, 0.4) is 0 Å². The predicted molar refractivity (Wildman–Crippen MR) is 69.1 cm³/mol. The SMILES string of the molecule is CCNC(C)CCN1CC(=O)N2CCCC2C1=O. The van der Waals surface area contributed by atoms with Crippen molar-refractivity contribution in [2.24, 2.45) is 0 Å². The zero-order chi connectivity index (χ0) is 13.1. The molecule has 102 valence electrons. The zero-order valence-electron chi connectivity index (χ0n) is 11.3. The molecule has 0 aromatic heterocycles. The van der Waals surface area contributed by atoms with Gasteiger partial charge in [0.05, 0.1) is 6.54 Å². The lowest BCUT2D eigenvalue weighted by atomic mass is 10.1. The fourth-order valence-electron chi connectivity index (χ4n) is 2.85. The van der Waals surface area contributed by atoms with E-state index in [0.29, 0.717) is 12.6 Å². The molecule has 2 amide bonds. The first-order valence-corrected chi connectivity index (χ1v) is 6.95. The molecule has 0 aliphatic carbocycles. The average Bonchev–Trinajstić information content (AvgIpc) is 2.82. The Hall–Kier alpha value is -1.10. The minimum atomic E-state index is -0.166. The van der Waals surface area contributed by atoms with Gasteiger partial charge in [0.1, 0.15) is 6.04 Å². The topological polar surface area (TPSA) is 52.7 Å². The van der Waals surface area contributed by atoms with Crippen LogP contribution in [0.2, 0.25) is 0 Å². The third-order valence-electron chi connectivity index (χ3n) is 3.88. The highest BCUT2D eigenvalue weighted by Gasteiger charge is 2.41. The number of nitrogens with one attached hydrogen (secondary N) is 1. The number of carbonyl (C=O) groups excluding carboxylic acids is 2. The number of rotatable bonds is 5. The molecule has 0 aromatic rings. The zero-order valence-corrected chi connectivity index (χ0v) is 11.3. The van der Waals surface area contributed by atoms with E-state index in [9.17, 15) is 9.59 Å². The normalized spacial score (nSPS) is 25.6. The number of hydrogen-bond donors (Lipinski definition) is 1. The van der Waals surface area contributed by atoms with Gasteiger partial charge in [0, 0.05) is 19.1 Å². The van der Waals surface area contributed by atoms with Crippen molar-refractivity contribution >= 4 is 11.8 Å². The Morgan fingerprint density at radius 3 is 2.94 bits per heavy atom. The number of carbonyl (C=O) groups is 2. The molecule has 2 heterocycles. The molecule has 0 aromatic carbocycles. The lowest BCUT2D eigenvalue weighted by molar-refractivity contribution is -0.153.